The predicted molar refractivity (Wildman–Crippen MR) is 89.4 cm³/mol. The summed E-state index contributed by atoms with van der Waals surface area (Å²) in [6.45, 7) is 4.12. The third-order valence-corrected chi connectivity index (χ3v) is 4.27. The molecule has 4 rings (SSSR count). The molecule has 5 nitrogen and oxygen atoms in total. The number of aryl methyl sites for hydroxylation is 2. The molecule has 0 aliphatic carbocycles. The monoisotopic (exact) mass is 287 g/mol. The van der Waals surface area contributed by atoms with Gasteiger partial charge in [-0.2, -0.15) is 0 Å². The van der Waals surface area contributed by atoms with Crippen LogP contribution in [0, 0.1) is 13.8 Å². The Hall–Kier alpha value is -3.04. The summed E-state index contributed by atoms with van der Waals surface area (Å²) >= 11 is 0. The van der Waals surface area contributed by atoms with Gasteiger partial charge in [0.15, 0.2) is 0 Å². The Morgan fingerprint density at radius 1 is 1.05 bits per heavy atom. The average Bonchev–Trinajstić information content (AvgIpc) is 2.93. The Morgan fingerprint density at radius 3 is 2.68 bits per heavy atom. The highest BCUT2D eigenvalue weighted by molar-refractivity contribution is 6.17. The maximum atomic E-state index is 8.81. The van der Waals surface area contributed by atoms with Gasteiger partial charge >= 0.3 is 0 Å². The van der Waals surface area contributed by atoms with Gasteiger partial charge in [0.05, 0.1) is 11.0 Å². The fourth-order valence-electron chi connectivity index (χ4n) is 3.29. The maximum absolute atomic E-state index is 8.81. The number of rotatable bonds is 1. The van der Waals surface area contributed by atoms with Gasteiger partial charge in [-0.15, -0.1) is 0 Å². The minimum Gasteiger partial charge on any atom is -0.359 e. The molecule has 0 spiro atoms. The standard InChI is InChI=1S/C17H13N5/c1-9-11-7-8-19-17(21-22-18)15(11)10(2)14-12-5-3-4-6-13(12)20-16(9)14/h3-8,19H,1-2H3. The molecule has 0 saturated heterocycles. The zero-order valence-corrected chi connectivity index (χ0v) is 12.3. The van der Waals surface area contributed by atoms with Crippen molar-refractivity contribution in [1.29, 1.82) is 0 Å². The molecule has 0 unspecified atom stereocenters. The van der Waals surface area contributed by atoms with Gasteiger partial charge in [-0.1, -0.05) is 18.2 Å². The minimum atomic E-state index is 0.549. The van der Waals surface area contributed by atoms with Crippen molar-refractivity contribution in [2.75, 3.05) is 0 Å². The first-order chi connectivity index (χ1) is 10.7. The molecule has 2 heterocycles. The number of hydrogen-bond donors (Lipinski definition) is 1. The van der Waals surface area contributed by atoms with E-state index in [0.29, 0.717) is 5.82 Å². The number of fused-ring (bicyclic) bond motifs is 4. The van der Waals surface area contributed by atoms with E-state index in [1.165, 1.54) is 0 Å². The molecule has 0 aliphatic rings. The molecule has 1 N–H and O–H groups in total. The molecule has 0 radical (unpaired) electrons. The van der Waals surface area contributed by atoms with Gasteiger partial charge < -0.3 is 4.98 Å². The van der Waals surface area contributed by atoms with Gasteiger partial charge in [0.25, 0.3) is 0 Å². The molecule has 4 aromatic rings. The maximum Gasteiger partial charge on any atom is 0.110 e. The van der Waals surface area contributed by atoms with Crippen LogP contribution in [0.15, 0.2) is 41.6 Å². The number of benzene rings is 2. The lowest BCUT2D eigenvalue weighted by molar-refractivity contribution is 1.28. The molecule has 5 heteroatoms. The van der Waals surface area contributed by atoms with Crippen LogP contribution in [0.3, 0.4) is 0 Å². The third-order valence-electron chi connectivity index (χ3n) is 4.27. The number of azide groups is 1. The zero-order chi connectivity index (χ0) is 15.3. The van der Waals surface area contributed by atoms with Crippen LogP contribution in [0.25, 0.3) is 43.0 Å². The molecule has 106 valence electrons. The van der Waals surface area contributed by atoms with Crippen molar-refractivity contribution in [2.45, 2.75) is 13.8 Å². The van der Waals surface area contributed by atoms with Gasteiger partial charge in [-0.25, -0.2) is 4.98 Å². The van der Waals surface area contributed by atoms with Crippen LogP contribution in [0.2, 0.25) is 0 Å². The van der Waals surface area contributed by atoms with E-state index >= 15 is 0 Å². The highest BCUT2D eigenvalue weighted by Crippen LogP contribution is 2.39. The Morgan fingerprint density at radius 2 is 1.86 bits per heavy atom. The van der Waals surface area contributed by atoms with Crippen LogP contribution in [0.4, 0.5) is 5.82 Å². The van der Waals surface area contributed by atoms with Crippen molar-refractivity contribution in [3.63, 3.8) is 0 Å². The van der Waals surface area contributed by atoms with Crippen LogP contribution >= 0.6 is 0 Å². The molecule has 0 atom stereocenters. The minimum absolute atomic E-state index is 0.549. The Bertz CT molecular complexity index is 1100. The number of pyridine rings is 1. The SMILES string of the molecule is Cc1c2cc[nH]c(N=[N+]=[N-])c2c(C)c2c1nc1ccccc12. The van der Waals surface area contributed by atoms with E-state index < -0.39 is 0 Å². The third kappa shape index (κ3) is 1.54. The predicted octanol–water partition coefficient (Wildman–Crippen LogP) is 5.43. The van der Waals surface area contributed by atoms with Gasteiger partial charge in [0.2, 0.25) is 0 Å². The molecular weight excluding hydrogens is 274 g/mol. The normalized spacial score (nSPS) is 11.2. The second-order valence-electron chi connectivity index (χ2n) is 5.41. The van der Waals surface area contributed by atoms with Crippen LogP contribution in [0.1, 0.15) is 11.1 Å². The van der Waals surface area contributed by atoms with Crippen molar-refractivity contribution < 1.29 is 0 Å². The summed E-state index contributed by atoms with van der Waals surface area (Å²) in [4.78, 5) is 10.8. The summed E-state index contributed by atoms with van der Waals surface area (Å²) < 4.78 is 0. The Balaban J connectivity index is 2.36. The van der Waals surface area contributed by atoms with Gasteiger partial charge in [-0.3, -0.25) is 0 Å². The van der Waals surface area contributed by atoms with E-state index in [1.54, 1.807) is 6.20 Å². The number of aromatic amines is 1. The number of hydrogen-bond acceptors (Lipinski definition) is 2. The quantitative estimate of drug-likeness (QED) is 0.283. The first kappa shape index (κ1) is 12.7. The number of aromatic nitrogens is 2. The van der Waals surface area contributed by atoms with Crippen LogP contribution in [-0.4, -0.2) is 9.97 Å². The molecule has 0 amide bonds. The zero-order valence-electron chi connectivity index (χ0n) is 12.3. The van der Waals surface area contributed by atoms with E-state index in [1.807, 2.05) is 24.3 Å². The van der Waals surface area contributed by atoms with Crippen LogP contribution in [0.5, 0.6) is 0 Å². The lowest BCUT2D eigenvalue weighted by atomic mass is 9.96. The molecule has 2 aromatic heterocycles. The summed E-state index contributed by atoms with van der Waals surface area (Å²) in [6.07, 6.45) is 1.80. The van der Waals surface area contributed by atoms with E-state index in [0.717, 1.165) is 43.7 Å². The summed E-state index contributed by atoms with van der Waals surface area (Å²) in [6, 6.07) is 10.1. The van der Waals surface area contributed by atoms with Crippen molar-refractivity contribution in [3.8, 4) is 0 Å². The highest BCUT2D eigenvalue weighted by Gasteiger charge is 2.16. The fourth-order valence-corrected chi connectivity index (χ4v) is 3.29. The lowest BCUT2D eigenvalue weighted by Gasteiger charge is -2.10. The van der Waals surface area contributed by atoms with Crippen molar-refractivity contribution >= 4 is 38.4 Å². The fraction of sp³-hybridized carbons (Fsp3) is 0.118. The topological polar surface area (TPSA) is 77.4 Å². The molecule has 0 saturated carbocycles. The second kappa shape index (κ2) is 4.48. The van der Waals surface area contributed by atoms with E-state index in [9.17, 15) is 0 Å². The molecule has 2 aromatic carbocycles. The summed E-state index contributed by atoms with van der Waals surface area (Å²) in [5.74, 6) is 0.549. The summed E-state index contributed by atoms with van der Waals surface area (Å²) in [7, 11) is 0. The van der Waals surface area contributed by atoms with E-state index in [-0.39, 0.29) is 0 Å². The number of para-hydroxylation sites is 1. The largest absolute Gasteiger partial charge is 0.359 e. The molecule has 0 aliphatic heterocycles. The number of H-pyrrole nitrogens is 1. The van der Waals surface area contributed by atoms with Crippen molar-refractivity contribution in [3.05, 3.63) is 58.1 Å². The van der Waals surface area contributed by atoms with Crippen molar-refractivity contribution in [1.82, 2.24) is 9.97 Å². The number of nitrogens with one attached hydrogen (secondary N) is 1. The highest BCUT2D eigenvalue weighted by atomic mass is 15.2. The first-order valence-corrected chi connectivity index (χ1v) is 7.06. The average molecular weight is 287 g/mol. The van der Waals surface area contributed by atoms with E-state index in [2.05, 4.69) is 34.9 Å². The smallest absolute Gasteiger partial charge is 0.110 e. The number of nitrogens with zero attached hydrogens (tertiary/aromatic N) is 4. The summed E-state index contributed by atoms with van der Waals surface area (Å²) in [5.41, 5.74) is 13.0. The van der Waals surface area contributed by atoms with Crippen molar-refractivity contribution in [2.24, 2.45) is 5.11 Å². The lowest BCUT2D eigenvalue weighted by Crippen LogP contribution is -1.88. The van der Waals surface area contributed by atoms with Gasteiger partial charge in [0.1, 0.15) is 5.82 Å². The molecular formula is C17H13N5. The van der Waals surface area contributed by atoms with Gasteiger partial charge in [-0.05, 0) is 53.1 Å². The van der Waals surface area contributed by atoms with E-state index in [4.69, 9.17) is 10.5 Å². The second-order valence-corrected chi connectivity index (χ2v) is 5.41. The Kier molecular flexibility index (Phi) is 2.58. The van der Waals surface area contributed by atoms with Crippen LogP contribution < -0.4 is 0 Å². The molecule has 22 heavy (non-hydrogen) atoms. The molecule has 0 bridgehead atoms. The first-order valence-electron chi connectivity index (χ1n) is 7.06. The molecule has 0 fully saturated rings. The van der Waals surface area contributed by atoms with Crippen LogP contribution in [-0.2, 0) is 0 Å². The Labute approximate surface area is 126 Å². The van der Waals surface area contributed by atoms with Gasteiger partial charge in [0, 0.05) is 27.3 Å². The summed E-state index contributed by atoms with van der Waals surface area (Å²) in [5, 5.41) is 8.11.